The highest BCUT2D eigenvalue weighted by molar-refractivity contribution is 8.18. The van der Waals surface area contributed by atoms with Crippen LogP contribution in [0, 0.1) is 11.7 Å². The fourth-order valence-electron chi connectivity index (χ4n) is 4.95. The standard InChI is InChI=1S/C32H29FN4O2S/c1-22-8-7-17-36(19-22)32-34-31(38)29(40-32)18-25-20-37(26-10-3-2-4-11-26)35-30(25)23-13-15-27(16-14-23)39-21-24-9-5-6-12-28(24)33/h2-6,9-16,18,20,22H,7-8,17,19,21H2,1H3. The van der Waals surface area contributed by atoms with Crippen LogP contribution < -0.4 is 4.74 Å². The van der Waals surface area contributed by atoms with Gasteiger partial charge >= 0.3 is 0 Å². The van der Waals surface area contributed by atoms with Crippen molar-refractivity contribution in [2.45, 2.75) is 26.4 Å². The summed E-state index contributed by atoms with van der Waals surface area (Å²) in [5.41, 5.74) is 3.86. The molecule has 1 atom stereocenters. The van der Waals surface area contributed by atoms with Gasteiger partial charge in [0.2, 0.25) is 0 Å². The number of likely N-dealkylation sites (tertiary alicyclic amines) is 1. The van der Waals surface area contributed by atoms with Crippen LogP contribution in [0.4, 0.5) is 4.39 Å². The van der Waals surface area contributed by atoms with Gasteiger partial charge < -0.3 is 9.64 Å². The second kappa shape index (κ2) is 11.5. The molecule has 0 radical (unpaired) electrons. The summed E-state index contributed by atoms with van der Waals surface area (Å²) >= 11 is 1.44. The van der Waals surface area contributed by atoms with Crippen molar-refractivity contribution < 1.29 is 13.9 Å². The topological polar surface area (TPSA) is 59.7 Å². The fourth-order valence-corrected chi connectivity index (χ4v) is 5.89. The quantitative estimate of drug-likeness (QED) is 0.242. The normalized spacial score (nSPS) is 18.3. The summed E-state index contributed by atoms with van der Waals surface area (Å²) in [6.07, 6.45) is 6.15. The molecule has 6 rings (SSSR count). The molecule has 6 nitrogen and oxygen atoms in total. The highest BCUT2D eigenvalue weighted by atomic mass is 32.2. The van der Waals surface area contributed by atoms with Crippen LogP contribution in [-0.4, -0.2) is 38.8 Å². The van der Waals surface area contributed by atoms with Crippen LogP contribution in [0.3, 0.4) is 0 Å². The Kier molecular flexibility index (Phi) is 7.51. The van der Waals surface area contributed by atoms with E-state index in [1.807, 2.05) is 71.6 Å². The van der Waals surface area contributed by atoms with Crippen molar-refractivity contribution in [1.29, 1.82) is 0 Å². The van der Waals surface area contributed by atoms with Gasteiger partial charge in [-0.2, -0.15) is 10.1 Å². The molecule has 8 heteroatoms. The number of aliphatic imine (C=N–C) groups is 1. The number of carbonyl (C=O) groups is 1. The lowest BCUT2D eigenvalue weighted by Crippen LogP contribution is -2.37. The second-order valence-electron chi connectivity index (χ2n) is 10.1. The Morgan fingerprint density at radius 2 is 1.82 bits per heavy atom. The second-order valence-corrected chi connectivity index (χ2v) is 11.1. The van der Waals surface area contributed by atoms with E-state index in [0.29, 0.717) is 22.1 Å². The molecule has 202 valence electrons. The zero-order valence-electron chi connectivity index (χ0n) is 22.2. The van der Waals surface area contributed by atoms with Gasteiger partial charge in [0.05, 0.1) is 16.3 Å². The summed E-state index contributed by atoms with van der Waals surface area (Å²) in [7, 11) is 0. The maximum absolute atomic E-state index is 14.0. The van der Waals surface area contributed by atoms with Crippen molar-refractivity contribution in [3.63, 3.8) is 0 Å². The fraction of sp³-hybridized carbons (Fsp3) is 0.219. The predicted octanol–water partition coefficient (Wildman–Crippen LogP) is 6.96. The molecule has 1 aromatic heterocycles. The van der Waals surface area contributed by atoms with E-state index in [4.69, 9.17) is 9.84 Å². The first-order chi connectivity index (χ1) is 19.5. The number of thioether (sulfide) groups is 1. The molecular weight excluding hydrogens is 523 g/mol. The van der Waals surface area contributed by atoms with E-state index in [-0.39, 0.29) is 18.3 Å². The lowest BCUT2D eigenvalue weighted by Gasteiger charge is -2.31. The maximum Gasteiger partial charge on any atom is 0.286 e. The van der Waals surface area contributed by atoms with Crippen LogP contribution in [0.1, 0.15) is 30.9 Å². The Balaban J connectivity index is 1.27. The first kappa shape index (κ1) is 26.1. The number of aromatic nitrogens is 2. The van der Waals surface area contributed by atoms with Crippen LogP contribution >= 0.6 is 11.8 Å². The van der Waals surface area contributed by atoms with Crippen molar-refractivity contribution in [2.24, 2.45) is 10.9 Å². The van der Waals surface area contributed by atoms with Gasteiger partial charge in [-0.05, 0) is 79.1 Å². The number of para-hydroxylation sites is 1. The van der Waals surface area contributed by atoms with Gasteiger partial charge in [0.25, 0.3) is 5.91 Å². The van der Waals surface area contributed by atoms with E-state index in [1.165, 1.54) is 24.2 Å². The third-order valence-electron chi connectivity index (χ3n) is 7.07. The Morgan fingerprint density at radius 3 is 2.60 bits per heavy atom. The number of rotatable bonds is 6. The molecule has 4 aromatic rings. The van der Waals surface area contributed by atoms with Gasteiger partial charge in [-0.3, -0.25) is 4.79 Å². The van der Waals surface area contributed by atoms with E-state index in [2.05, 4.69) is 16.8 Å². The highest BCUT2D eigenvalue weighted by Crippen LogP contribution is 2.35. The third kappa shape index (κ3) is 5.72. The van der Waals surface area contributed by atoms with Crippen LogP contribution in [0.2, 0.25) is 0 Å². The van der Waals surface area contributed by atoms with Crippen molar-refractivity contribution in [1.82, 2.24) is 14.7 Å². The minimum absolute atomic E-state index is 0.142. The lowest BCUT2D eigenvalue weighted by molar-refractivity contribution is -0.113. The minimum atomic E-state index is -0.287. The summed E-state index contributed by atoms with van der Waals surface area (Å²) < 4.78 is 21.6. The number of amidine groups is 1. The average Bonchev–Trinajstić information content (AvgIpc) is 3.57. The Bertz CT molecular complexity index is 1580. The molecule has 40 heavy (non-hydrogen) atoms. The SMILES string of the molecule is CC1CCCN(C2=NC(=O)C(=Cc3cn(-c4ccccc4)nc3-c3ccc(OCc4ccccc4F)cc3)S2)C1. The van der Waals surface area contributed by atoms with Gasteiger partial charge in [0.1, 0.15) is 18.2 Å². The van der Waals surface area contributed by atoms with E-state index in [9.17, 15) is 9.18 Å². The molecule has 0 spiro atoms. The Hall–Kier alpha value is -4.17. The molecule has 3 aromatic carbocycles. The lowest BCUT2D eigenvalue weighted by atomic mass is 10.0. The monoisotopic (exact) mass is 552 g/mol. The molecule has 0 N–H and O–H groups in total. The molecule has 0 aliphatic carbocycles. The third-order valence-corrected chi connectivity index (χ3v) is 8.11. The number of piperidine rings is 1. The molecule has 3 heterocycles. The number of hydrogen-bond donors (Lipinski definition) is 0. The number of nitrogens with zero attached hydrogens (tertiary/aromatic N) is 4. The summed E-state index contributed by atoms with van der Waals surface area (Å²) in [4.78, 5) is 20.1. The molecule has 1 saturated heterocycles. The number of hydrogen-bond acceptors (Lipinski definition) is 5. The van der Waals surface area contributed by atoms with Crippen molar-refractivity contribution in [3.8, 4) is 22.7 Å². The minimum Gasteiger partial charge on any atom is -0.489 e. The van der Waals surface area contributed by atoms with Gasteiger partial charge in [0.15, 0.2) is 5.17 Å². The smallest absolute Gasteiger partial charge is 0.286 e. The molecule has 2 aliphatic heterocycles. The number of amides is 1. The zero-order valence-corrected chi connectivity index (χ0v) is 23.0. The summed E-state index contributed by atoms with van der Waals surface area (Å²) in [6.45, 7) is 4.24. The number of carbonyl (C=O) groups excluding carboxylic acids is 1. The van der Waals surface area contributed by atoms with Gasteiger partial charge in [0, 0.05) is 36.0 Å². The van der Waals surface area contributed by atoms with Crippen LogP contribution in [0.15, 0.2) is 95.0 Å². The first-order valence-electron chi connectivity index (χ1n) is 13.4. The summed E-state index contributed by atoms with van der Waals surface area (Å²) in [6, 6.07) is 24.0. The number of benzene rings is 3. The summed E-state index contributed by atoms with van der Waals surface area (Å²) in [5.74, 6) is 0.720. The Morgan fingerprint density at radius 1 is 1.05 bits per heavy atom. The van der Waals surface area contributed by atoms with Crippen LogP contribution in [-0.2, 0) is 11.4 Å². The van der Waals surface area contributed by atoms with Crippen molar-refractivity contribution in [3.05, 3.63) is 107 Å². The van der Waals surface area contributed by atoms with Gasteiger partial charge in [-0.1, -0.05) is 43.3 Å². The average molecular weight is 553 g/mol. The molecule has 1 amide bonds. The van der Waals surface area contributed by atoms with E-state index < -0.39 is 0 Å². The van der Waals surface area contributed by atoms with Crippen LogP contribution in [0.5, 0.6) is 5.75 Å². The largest absolute Gasteiger partial charge is 0.489 e. The van der Waals surface area contributed by atoms with E-state index in [0.717, 1.165) is 47.2 Å². The van der Waals surface area contributed by atoms with Crippen LogP contribution in [0.25, 0.3) is 23.0 Å². The Labute approximate surface area is 237 Å². The molecule has 1 unspecified atom stereocenters. The predicted molar refractivity (Wildman–Crippen MR) is 158 cm³/mol. The molecular formula is C32H29FN4O2S. The summed E-state index contributed by atoms with van der Waals surface area (Å²) in [5, 5.41) is 5.67. The van der Waals surface area contributed by atoms with Gasteiger partial charge in [-0.25, -0.2) is 9.07 Å². The van der Waals surface area contributed by atoms with Gasteiger partial charge in [-0.15, -0.1) is 0 Å². The molecule has 1 fully saturated rings. The number of halogens is 1. The molecule has 0 bridgehead atoms. The first-order valence-corrected chi connectivity index (χ1v) is 14.2. The highest BCUT2D eigenvalue weighted by Gasteiger charge is 2.29. The number of ether oxygens (including phenoxy) is 1. The van der Waals surface area contributed by atoms with Crippen molar-refractivity contribution >= 4 is 28.9 Å². The van der Waals surface area contributed by atoms with Crippen molar-refractivity contribution in [2.75, 3.05) is 13.1 Å². The molecule has 2 aliphatic rings. The molecule has 0 saturated carbocycles. The van der Waals surface area contributed by atoms with E-state index in [1.54, 1.807) is 18.2 Å². The zero-order chi connectivity index (χ0) is 27.5. The maximum atomic E-state index is 14.0. The van der Waals surface area contributed by atoms with E-state index >= 15 is 0 Å².